The van der Waals surface area contributed by atoms with Gasteiger partial charge in [0.25, 0.3) is 0 Å². The van der Waals surface area contributed by atoms with Gasteiger partial charge in [0, 0.05) is 12.6 Å². The fourth-order valence-electron chi connectivity index (χ4n) is 3.97. The van der Waals surface area contributed by atoms with Crippen molar-refractivity contribution in [2.24, 2.45) is 0 Å². The number of imidazole rings is 1. The molecule has 148 valence electrons. The standard InChI is InChI=1S/C26H29N3/c1-18(2)29-25-12-8-7-11-24(25)28-26(29)20(4)27-17-21-13-15-22(16-14-21)23-10-6-5-9-19(23)3/h5-16,18,20,27H,17H2,1-4H3/t20-/m1/s1. The zero-order chi connectivity index (χ0) is 20.4. The van der Waals surface area contributed by atoms with Crippen LogP contribution in [0.4, 0.5) is 0 Å². The Bertz CT molecular complexity index is 1110. The summed E-state index contributed by atoms with van der Waals surface area (Å²) in [5.74, 6) is 1.10. The second-order valence-corrected chi connectivity index (χ2v) is 8.04. The number of aryl methyl sites for hydroxylation is 1. The highest BCUT2D eigenvalue weighted by Crippen LogP contribution is 2.26. The van der Waals surface area contributed by atoms with Crippen molar-refractivity contribution in [2.75, 3.05) is 0 Å². The molecule has 4 aromatic rings. The van der Waals surface area contributed by atoms with Gasteiger partial charge in [-0.2, -0.15) is 0 Å². The third kappa shape index (κ3) is 3.96. The summed E-state index contributed by atoms with van der Waals surface area (Å²) in [4.78, 5) is 4.91. The number of rotatable bonds is 6. The molecule has 3 aromatic carbocycles. The van der Waals surface area contributed by atoms with E-state index in [0.717, 1.165) is 17.9 Å². The molecule has 0 bridgehead atoms. The fourth-order valence-corrected chi connectivity index (χ4v) is 3.97. The van der Waals surface area contributed by atoms with E-state index in [9.17, 15) is 0 Å². The highest BCUT2D eigenvalue weighted by molar-refractivity contribution is 5.76. The van der Waals surface area contributed by atoms with Crippen molar-refractivity contribution < 1.29 is 0 Å². The molecular formula is C26H29N3. The lowest BCUT2D eigenvalue weighted by Crippen LogP contribution is -2.22. The molecule has 0 radical (unpaired) electrons. The number of para-hydroxylation sites is 2. The quantitative estimate of drug-likeness (QED) is 0.415. The number of nitrogens with one attached hydrogen (secondary N) is 1. The molecule has 0 spiro atoms. The third-order valence-corrected chi connectivity index (χ3v) is 5.55. The van der Waals surface area contributed by atoms with Gasteiger partial charge < -0.3 is 9.88 Å². The van der Waals surface area contributed by atoms with Crippen LogP contribution in [0.2, 0.25) is 0 Å². The van der Waals surface area contributed by atoms with E-state index in [-0.39, 0.29) is 6.04 Å². The molecule has 0 saturated heterocycles. The van der Waals surface area contributed by atoms with Gasteiger partial charge in [-0.3, -0.25) is 0 Å². The second-order valence-electron chi connectivity index (χ2n) is 8.04. The molecule has 29 heavy (non-hydrogen) atoms. The molecule has 0 saturated carbocycles. The maximum atomic E-state index is 4.91. The first-order chi connectivity index (χ1) is 14.0. The van der Waals surface area contributed by atoms with Gasteiger partial charge in [-0.25, -0.2) is 4.98 Å². The minimum Gasteiger partial charge on any atom is -0.324 e. The van der Waals surface area contributed by atoms with Crippen molar-refractivity contribution in [3.8, 4) is 11.1 Å². The van der Waals surface area contributed by atoms with Crippen molar-refractivity contribution in [3.63, 3.8) is 0 Å². The largest absolute Gasteiger partial charge is 0.324 e. The summed E-state index contributed by atoms with van der Waals surface area (Å²) in [6.45, 7) is 9.61. The Kier molecular flexibility index (Phi) is 5.50. The van der Waals surface area contributed by atoms with Crippen molar-refractivity contribution in [3.05, 3.63) is 89.7 Å². The van der Waals surface area contributed by atoms with Crippen LogP contribution < -0.4 is 5.32 Å². The maximum absolute atomic E-state index is 4.91. The number of hydrogen-bond donors (Lipinski definition) is 1. The van der Waals surface area contributed by atoms with E-state index in [2.05, 4.69) is 110 Å². The molecule has 0 amide bonds. The summed E-state index contributed by atoms with van der Waals surface area (Å²) < 4.78 is 2.34. The molecule has 0 unspecified atom stereocenters. The van der Waals surface area contributed by atoms with Crippen molar-refractivity contribution in [1.29, 1.82) is 0 Å². The minimum absolute atomic E-state index is 0.167. The SMILES string of the molecule is Cc1ccccc1-c1ccc(CN[C@H](C)c2nc3ccccc3n2C(C)C)cc1. The van der Waals surface area contributed by atoms with Gasteiger partial charge in [0.05, 0.1) is 17.1 Å². The van der Waals surface area contributed by atoms with E-state index in [4.69, 9.17) is 4.98 Å². The molecule has 0 aliphatic rings. The van der Waals surface area contributed by atoms with Crippen LogP contribution in [-0.4, -0.2) is 9.55 Å². The Morgan fingerprint density at radius 2 is 1.55 bits per heavy atom. The summed E-state index contributed by atoms with van der Waals surface area (Å²) in [6.07, 6.45) is 0. The molecule has 1 heterocycles. The lowest BCUT2D eigenvalue weighted by Gasteiger charge is -2.19. The maximum Gasteiger partial charge on any atom is 0.127 e. The van der Waals surface area contributed by atoms with E-state index >= 15 is 0 Å². The van der Waals surface area contributed by atoms with Crippen LogP contribution in [0.1, 0.15) is 49.8 Å². The summed E-state index contributed by atoms with van der Waals surface area (Å²) in [5.41, 5.74) is 7.41. The Morgan fingerprint density at radius 1 is 0.862 bits per heavy atom. The first-order valence-electron chi connectivity index (χ1n) is 10.4. The number of hydrogen-bond acceptors (Lipinski definition) is 2. The summed E-state index contributed by atoms with van der Waals surface area (Å²) in [7, 11) is 0. The van der Waals surface area contributed by atoms with Crippen molar-refractivity contribution in [1.82, 2.24) is 14.9 Å². The van der Waals surface area contributed by atoms with Gasteiger partial charge in [-0.1, -0.05) is 60.7 Å². The normalized spacial score (nSPS) is 12.6. The van der Waals surface area contributed by atoms with Gasteiger partial charge >= 0.3 is 0 Å². The Labute approximate surface area is 173 Å². The topological polar surface area (TPSA) is 29.9 Å². The molecule has 3 heteroatoms. The van der Waals surface area contributed by atoms with E-state index in [1.807, 2.05) is 0 Å². The number of aromatic nitrogens is 2. The first kappa shape index (κ1) is 19.4. The van der Waals surface area contributed by atoms with Crippen LogP contribution in [-0.2, 0) is 6.54 Å². The second kappa shape index (κ2) is 8.22. The van der Waals surface area contributed by atoms with Crippen molar-refractivity contribution >= 4 is 11.0 Å². The zero-order valence-electron chi connectivity index (χ0n) is 17.7. The summed E-state index contributed by atoms with van der Waals surface area (Å²) >= 11 is 0. The number of fused-ring (bicyclic) bond motifs is 1. The van der Waals surface area contributed by atoms with E-state index in [1.165, 1.54) is 27.8 Å². The molecular weight excluding hydrogens is 354 g/mol. The minimum atomic E-state index is 0.167. The number of benzene rings is 3. The van der Waals surface area contributed by atoms with E-state index < -0.39 is 0 Å². The van der Waals surface area contributed by atoms with Crippen LogP contribution >= 0.6 is 0 Å². The van der Waals surface area contributed by atoms with E-state index in [1.54, 1.807) is 0 Å². The van der Waals surface area contributed by atoms with Gasteiger partial charge in [0.2, 0.25) is 0 Å². The zero-order valence-corrected chi connectivity index (χ0v) is 17.7. The lowest BCUT2D eigenvalue weighted by molar-refractivity contribution is 0.491. The van der Waals surface area contributed by atoms with Gasteiger partial charge in [0.15, 0.2) is 0 Å². The number of nitrogens with zero attached hydrogens (tertiary/aromatic N) is 2. The van der Waals surface area contributed by atoms with Gasteiger partial charge in [-0.05, 0) is 62.1 Å². The Balaban J connectivity index is 1.50. The van der Waals surface area contributed by atoms with Crippen LogP contribution in [0.5, 0.6) is 0 Å². The van der Waals surface area contributed by atoms with Crippen LogP contribution in [0.25, 0.3) is 22.2 Å². The van der Waals surface area contributed by atoms with Crippen molar-refractivity contribution in [2.45, 2.75) is 46.3 Å². The van der Waals surface area contributed by atoms with Crippen LogP contribution in [0.15, 0.2) is 72.8 Å². The smallest absolute Gasteiger partial charge is 0.127 e. The monoisotopic (exact) mass is 383 g/mol. The molecule has 0 aliphatic heterocycles. The lowest BCUT2D eigenvalue weighted by atomic mass is 9.99. The predicted molar refractivity (Wildman–Crippen MR) is 122 cm³/mol. The van der Waals surface area contributed by atoms with Gasteiger partial charge in [-0.15, -0.1) is 0 Å². The molecule has 4 rings (SSSR count). The highest BCUT2D eigenvalue weighted by Gasteiger charge is 2.18. The van der Waals surface area contributed by atoms with Crippen LogP contribution in [0.3, 0.4) is 0 Å². The predicted octanol–water partition coefficient (Wildman–Crippen LogP) is 6.44. The molecule has 0 aliphatic carbocycles. The Hall–Kier alpha value is -2.91. The van der Waals surface area contributed by atoms with Crippen LogP contribution in [0, 0.1) is 6.92 Å². The summed E-state index contributed by atoms with van der Waals surface area (Å²) in [6, 6.07) is 26.3. The molecule has 1 N–H and O–H groups in total. The average molecular weight is 384 g/mol. The highest BCUT2D eigenvalue weighted by atomic mass is 15.1. The molecule has 0 fully saturated rings. The molecule has 3 nitrogen and oxygen atoms in total. The molecule has 1 atom stereocenters. The fraction of sp³-hybridized carbons (Fsp3) is 0.269. The molecule has 1 aromatic heterocycles. The Morgan fingerprint density at radius 3 is 2.28 bits per heavy atom. The first-order valence-corrected chi connectivity index (χ1v) is 10.4. The average Bonchev–Trinajstić information content (AvgIpc) is 3.13. The third-order valence-electron chi connectivity index (χ3n) is 5.55. The summed E-state index contributed by atoms with van der Waals surface area (Å²) in [5, 5.41) is 3.66. The van der Waals surface area contributed by atoms with Gasteiger partial charge in [0.1, 0.15) is 5.82 Å². The van der Waals surface area contributed by atoms with E-state index in [0.29, 0.717) is 6.04 Å².